The lowest BCUT2D eigenvalue weighted by Crippen LogP contribution is -2.13. The van der Waals surface area contributed by atoms with Crippen LogP contribution in [0.4, 0.5) is 5.13 Å². The molecule has 0 radical (unpaired) electrons. The smallest absolute Gasteiger partial charge is 0.263 e. The summed E-state index contributed by atoms with van der Waals surface area (Å²) < 4.78 is 26.7. The summed E-state index contributed by atoms with van der Waals surface area (Å²) in [6.07, 6.45) is 0. The molecular formula is C11H12ClN3O2S2. The molecule has 8 heteroatoms. The van der Waals surface area contributed by atoms with Crippen LogP contribution in [0, 0.1) is 6.92 Å². The highest BCUT2D eigenvalue weighted by Gasteiger charge is 2.17. The van der Waals surface area contributed by atoms with E-state index in [0.717, 1.165) is 5.69 Å². The molecule has 0 amide bonds. The number of anilines is 1. The Balaban J connectivity index is 2.31. The fourth-order valence-electron chi connectivity index (χ4n) is 1.44. The lowest BCUT2D eigenvalue weighted by molar-refractivity contribution is 0.601. The minimum absolute atomic E-state index is 0.0857. The normalized spacial score (nSPS) is 11.5. The Labute approximate surface area is 120 Å². The van der Waals surface area contributed by atoms with Gasteiger partial charge in [0, 0.05) is 16.9 Å². The van der Waals surface area contributed by atoms with Crippen LogP contribution in [0.5, 0.6) is 0 Å². The molecular weight excluding hydrogens is 306 g/mol. The molecule has 102 valence electrons. The lowest BCUT2D eigenvalue weighted by atomic mass is 10.2. The first-order chi connectivity index (χ1) is 8.92. The van der Waals surface area contributed by atoms with Crippen molar-refractivity contribution >= 4 is 38.1 Å². The molecule has 0 saturated carbocycles. The van der Waals surface area contributed by atoms with Gasteiger partial charge in [-0.05, 0) is 24.6 Å². The molecule has 0 aliphatic carbocycles. The second-order valence-corrected chi connectivity index (χ2v) is 6.80. The zero-order valence-corrected chi connectivity index (χ0v) is 12.4. The molecule has 0 bridgehead atoms. The van der Waals surface area contributed by atoms with Gasteiger partial charge < -0.3 is 5.73 Å². The van der Waals surface area contributed by atoms with Crippen molar-refractivity contribution in [1.82, 2.24) is 4.98 Å². The van der Waals surface area contributed by atoms with E-state index in [2.05, 4.69) is 9.71 Å². The van der Waals surface area contributed by atoms with Crippen molar-refractivity contribution in [2.75, 3.05) is 4.72 Å². The molecule has 0 fully saturated rings. The molecule has 0 spiro atoms. The van der Waals surface area contributed by atoms with E-state index < -0.39 is 10.0 Å². The highest BCUT2D eigenvalue weighted by molar-refractivity contribution is 7.93. The van der Waals surface area contributed by atoms with Crippen molar-refractivity contribution in [3.05, 3.63) is 39.9 Å². The van der Waals surface area contributed by atoms with E-state index in [-0.39, 0.29) is 11.4 Å². The third-order valence-corrected chi connectivity index (χ3v) is 5.09. The molecule has 0 aliphatic rings. The summed E-state index contributed by atoms with van der Waals surface area (Å²) in [6.45, 7) is 2.06. The Hall–Kier alpha value is -1.15. The van der Waals surface area contributed by atoms with E-state index in [1.807, 2.05) is 0 Å². The number of hydrogen-bond acceptors (Lipinski definition) is 5. The third kappa shape index (κ3) is 3.24. The predicted octanol–water partition coefficient (Wildman–Crippen LogP) is 2.36. The zero-order chi connectivity index (χ0) is 14.0. The average Bonchev–Trinajstić information content (AvgIpc) is 2.73. The topological polar surface area (TPSA) is 85.1 Å². The molecule has 1 aromatic heterocycles. The van der Waals surface area contributed by atoms with E-state index in [1.165, 1.54) is 23.5 Å². The van der Waals surface area contributed by atoms with Crippen LogP contribution in [0.3, 0.4) is 0 Å². The number of aryl methyl sites for hydroxylation is 1. The molecule has 1 heterocycles. The molecule has 2 rings (SSSR count). The highest BCUT2D eigenvalue weighted by atomic mass is 35.5. The van der Waals surface area contributed by atoms with Crippen LogP contribution in [0.2, 0.25) is 5.02 Å². The van der Waals surface area contributed by atoms with Gasteiger partial charge in [0.05, 0.1) is 10.6 Å². The maximum absolute atomic E-state index is 12.1. The second-order valence-electron chi connectivity index (χ2n) is 3.86. The van der Waals surface area contributed by atoms with E-state index in [1.54, 1.807) is 18.4 Å². The summed E-state index contributed by atoms with van der Waals surface area (Å²) in [5.41, 5.74) is 6.94. The minimum Gasteiger partial charge on any atom is -0.326 e. The van der Waals surface area contributed by atoms with Gasteiger partial charge in [0.1, 0.15) is 0 Å². The van der Waals surface area contributed by atoms with Crippen LogP contribution >= 0.6 is 22.9 Å². The number of benzene rings is 1. The lowest BCUT2D eigenvalue weighted by Gasteiger charge is -2.07. The summed E-state index contributed by atoms with van der Waals surface area (Å²) in [5, 5.41) is 2.43. The van der Waals surface area contributed by atoms with Crippen molar-refractivity contribution in [2.45, 2.75) is 18.4 Å². The number of thiazole rings is 1. The molecule has 2 aromatic rings. The van der Waals surface area contributed by atoms with Gasteiger partial charge in [0.25, 0.3) is 10.0 Å². The zero-order valence-electron chi connectivity index (χ0n) is 10.1. The van der Waals surface area contributed by atoms with Crippen LogP contribution in [0.25, 0.3) is 0 Å². The second kappa shape index (κ2) is 5.46. The van der Waals surface area contributed by atoms with Crippen LogP contribution in [-0.2, 0) is 16.6 Å². The van der Waals surface area contributed by atoms with E-state index in [4.69, 9.17) is 17.3 Å². The summed E-state index contributed by atoms with van der Waals surface area (Å²) in [5.74, 6) is 0. The molecule has 5 nitrogen and oxygen atoms in total. The van der Waals surface area contributed by atoms with Gasteiger partial charge in [0.15, 0.2) is 5.13 Å². The minimum atomic E-state index is -3.67. The van der Waals surface area contributed by atoms with Gasteiger partial charge in [-0.25, -0.2) is 13.4 Å². The SMILES string of the molecule is Cc1csc(NS(=O)(=O)c2ccc(CN)c(Cl)c2)n1. The van der Waals surface area contributed by atoms with Crippen LogP contribution in [0.15, 0.2) is 28.5 Å². The largest absolute Gasteiger partial charge is 0.326 e. The molecule has 0 saturated heterocycles. The van der Waals surface area contributed by atoms with Crippen LogP contribution < -0.4 is 10.5 Å². The molecule has 0 atom stereocenters. The van der Waals surface area contributed by atoms with Gasteiger partial charge in [-0.1, -0.05) is 17.7 Å². The molecule has 0 unspecified atom stereocenters. The average molecular weight is 318 g/mol. The summed E-state index contributed by atoms with van der Waals surface area (Å²) in [4.78, 5) is 4.14. The Bertz CT molecular complexity index is 698. The maximum Gasteiger partial charge on any atom is 0.263 e. The fourth-order valence-corrected chi connectivity index (χ4v) is 3.72. The van der Waals surface area contributed by atoms with E-state index in [0.29, 0.717) is 15.7 Å². The number of nitrogens with one attached hydrogen (secondary N) is 1. The molecule has 1 aromatic carbocycles. The van der Waals surface area contributed by atoms with Crippen LogP contribution in [0.1, 0.15) is 11.3 Å². The first-order valence-electron chi connectivity index (χ1n) is 5.36. The highest BCUT2D eigenvalue weighted by Crippen LogP contribution is 2.23. The summed E-state index contributed by atoms with van der Waals surface area (Å²) in [6, 6.07) is 4.45. The first kappa shape index (κ1) is 14.3. The van der Waals surface area contributed by atoms with Crippen molar-refractivity contribution in [2.24, 2.45) is 5.73 Å². The van der Waals surface area contributed by atoms with Gasteiger partial charge in [-0.2, -0.15) is 0 Å². The van der Waals surface area contributed by atoms with Gasteiger partial charge in [-0.15, -0.1) is 11.3 Å². The number of halogens is 1. The summed E-state index contributed by atoms with van der Waals surface area (Å²) in [7, 11) is -3.67. The number of nitrogens with two attached hydrogens (primary N) is 1. The van der Waals surface area contributed by atoms with Crippen molar-refractivity contribution in [1.29, 1.82) is 0 Å². The number of nitrogens with zero attached hydrogens (tertiary/aromatic N) is 1. The Kier molecular flexibility index (Phi) is 4.10. The monoisotopic (exact) mass is 317 g/mol. The van der Waals surface area contributed by atoms with Gasteiger partial charge >= 0.3 is 0 Å². The fraction of sp³-hybridized carbons (Fsp3) is 0.182. The number of aromatic nitrogens is 1. The number of sulfonamides is 1. The third-order valence-electron chi connectivity index (χ3n) is 2.40. The number of hydrogen-bond donors (Lipinski definition) is 2. The van der Waals surface area contributed by atoms with Gasteiger partial charge in [-0.3, -0.25) is 4.72 Å². The number of rotatable bonds is 4. The van der Waals surface area contributed by atoms with Gasteiger partial charge in [0.2, 0.25) is 0 Å². The Morgan fingerprint density at radius 3 is 2.74 bits per heavy atom. The molecule has 3 N–H and O–H groups in total. The Morgan fingerprint density at radius 2 is 2.21 bits per heavy atom. The first-order valence-corrected chi connectivity index (χ1v) is 8.10. The molecule has 19 heavy (non-hydrogen) atoms. The van der Waals surface area contributed by atoms with Crippen molar-refractivity contribution < 1.29 is 8.42 Å². The van der Waals surface area contributed by atoms with Crippen molar-refractivity contribution in [3.63, 3.8) is 0 Å². The summed E-state index contributed by atoms with van der Waals surface area (Å²) >= 11 is 7.19. The Morgan fingerprint density at radius 1 is 1.47 bits per heavy atom. The van der Waals surface area contributed by atoms with Crippen molar-refractivity contribution in [3.8, 4) is 0 Å². The van der Waals surface area contributed by atoms with E-state index >= 15 is 0 Å². The predicted molar refractivity (Wildman–Crippen MR) is 77.0 cm³/mol. The van der Waals surface area contributed by atoms with Crippen LogP contribution in [-0.4, -0.2) is 13.4 Å². The molecule has 0 aliphatic heterocycles. The standard InChI is InChI=1S/C11H12ClN3O2S2/c1-7-6-18-11(14-7)15-19(16,17)9-3-2-8(5-13)10(12)4-9/h2-4,6H,5,13H2,1H3,(H,14,15). The quantitative estimate of drug-likeness (QED) is 0.906. The van der Waals surface area contributed by atoms with E-state index in [9.17, 15) is 8.42 Å². The maximum atomic E-state index is 12.1.